The second-order valence-corrected chi connectivity index (χ2v) is 7.55. The van der Waals surface area contributed by atoms with Gasteiger partial charge in [-0.05, 0) is 29.8 Å². The fourth-order valence-electron chi connectivity index (χ4n) is 1.75. The van der Waals surface area contributed by atoms with Crippen LogP contribution in [0.2, 0.25) is 5.02 Å². The van der Waals surface area contributed by atoms with Gasteiger partial charge in [-0.1, -0.05) is 83.7 Å². The summed E-state index contributed by atoms with van der Waals surface area (Å²) in [6.45, 7) is 0. The Hall–Kier alpha value is -0.160. The van der Waals surface area contributed by atoms with Gasteiger partial charge in [-0.2, -0.15) is 0 Å². The lowest BCUT2D eigenvalue weighted by molar-refractivity contribution is 0.0991. The van der Waals surface area contributed by atoms with Crippen LogP contribution in [0.25, 0.3) is 0 Å². The number of carbonyl (C=O) groups is 1. The molecular formula is C15H10Br3ClO. The zero-order chi connectivity index (χ0) is 14.7. The van der Waals surface area contributed by atoms with E-state index in [0.717, 1.165) is 10.0 Å². The molecule has 0 amide bonds. The van der Waals surface area contributed by atoms with Crippen molar-refractivity contribution in [3.05, 3.63) is 69.2 Å². The molecule has 0 fully saturated rings. The molecule has 2 atom stereocenters. The Labute approximate surface area is 148 Å². The minimum Gasteiger partial charge on any atom is -0.293 e. The summed E-state index contributed by atoms with van der Waals surface area (Å²) in [5.74, 6) is 0.0272. The van der Waals surface area contributed by atoms with Crippen molar-refractivity contribution in [3.63, 3.8) is 0 Å². The highest BCUT2D eigenvalue weighted by Crippen LogP contribution is 2.34. The van der Waals surface area contributed by atoms with E-state index in [0.29, 0.717) is 10.6 Å². The molecule has 0 aliphatic heterocycles. The lowest BCUT2D eigenvalue weighted by atomic mass is 10.0. The average molecular weight is 481 g/mol. The number of benzene rings is 2. The molecule has 2 rings (SSSR count). The van der Waals surface area contributed by atoms with E-state index < -0.39 is 0 Å². The number of Topliss-reactive ketones (excluding diaryl/α,β-unsaturated/α-hetero) is 1. The second kappa shape index (κ2) is 7.21. The Bertz CT molecular complexity index is 613. The van der Waals surface area contributed by atoms with Gasteiger partial charge >= 0.3 is 0 Å². The molecule has 0 aliphatic rings. The second-order valence-electron chi connectivity index (χ2n) is 4.23. The third-order valence-electron chi connectivity index (χ3n) is 2.80. The highest BCUT2D eigenvalue weighted by atomic mass is 79.9. The van der Waals surface area contributed by atoms with Crippen molar-refractivity contribution in [1.29, 1.82) is 0 Å². The number of ketones is 1. The summed E-state index contributed by atoms with van der Waals surface area (Å²) >= 11 is 16.4. The summed E-state index contributed by atoms with van der Waals surface area (Å²) in [4.78, 5) is 11.9. The molecule has 20 heavy (non-hydrogen) atoms. The molecule has 0 heterocycles. The summed E-state index contributed by atoms with van der Waals surface area (Å²) in [6.07, 6.45) is 0. The molecular weight excluding hydrogens is 471 g/mol. The van der Waals surface area contributed by atoms with Gasteiger partial charge in [0, 0.05) is 15.1 Å². The third kappa shape index (κ3) is 3.94. The summed E-state index contributed by atoms with van der Waals surface area (Å²) in [5.41, 5.74) is 1.63. The molecule has 104 valence electrons. The lowest BCUT2D eigenvalue weighted by Crippen LogP contribution is -2.19. The van der Waals surface area contributed by atoms with Crippen LogP contribution in [0.4, 0.5) is 0 Å². The molecule has 2 aromatic carbocycles. The number of hydrogen-bond donors (Lipinski definition) is 0. The van der Waals surface area contributed by atoms with E-state index in [1.54, 1.807) is 12.1 Å². The molecule has 0 aromatic heterocycles. The first-order valence-electron chi connectivity index (χ1n) is 5.82. The zero-order valence-corrected chi connectivity index (χ0v) is 15.7. The van der Waals surface area contributed by atoms with Gasteiger partial charge in [0.15, 0.2) is 5.78 Å². The SMILES string of the molecule is O=C(c1ccc(Br)cc1)C(Br)C(Br)c1cccc(Cl)c1. The number of halogens is 4. The Morgan fingerprint density at radius 2 is 1.70 bits per heavy atom. The third-order valence-corrected chi connectivity index (χ3v) is 6.28. The number of carbonyl (C=O) groups excluding carboxylic acids is 1. The van der Waals surface area contributed by atoms with Gasteiger partial charge in [0.25, 0.3) is 0 Å². The van der Waals surface area contributed by atoms with Gasteiger partial charge in [0.2, 0.25) is 0 Å². The van der Waals surface area contributed by atoms with Gasteiger partial charge in [-0.3, -0.25) is 4.79 Å². The number of rotatable bonds is 4. The summed E-state index contributed by atoms with van der Waals surface area (Å²) in [6, 6.07) is 14.8. The zero-order valence-electron chi connectivity index (χ0n) is 10.2. The van der Waals surface area contributed by atoms with Crippen molar-refractivity contribution in [2.75, 3.05) is 0 Å². The van der Waals surface area contributed by atoms with Crippen LogP contribution in [0, 0.1) is 0 Å². The van der Waals surface area contributed by atoms with Crippen molar-refractivity contribution in [3.8, 4) is 0 Å². The minimum atomic E-state index is -0.359. The monoisotopic (exact) mass is 478 g/mol. The van der Waals surface area contributed by atoms with Crippen LogP contribution in [0.1, 0.15) is 20.7 Å². The number of hydrogen-bond acceptors (Lipinski definition) is 1. The molecule has 2 unspecified atom stereocenters. The Kier molecular flexibility index (Phi) is 5.84. The van der Waals surface area contributed by atoms with E-state index in [1.165, 1.54) is 0 Å². The molecule has 0 N–H and O–H groups in total. The minimum absolute atomic E-state index is 0.0272. The maximum Gasteiger partial charge on any atom is 0.177 e. The van der Waals surface area contributed by atoms with Crippen molar-refractivity contribution in [1.82, 2.24) is 0 Å². The van der Waals surface area contributed by atoms with Crippen LogP contribution in [0.5, 0.6) is 0 Å². The highest BCUT2D eigenvalue weighted by molar-refractivity contribution is 9.12. The van der Waals surface area contributed by atoms with Crippen molar-refractivity contribution in [2.24, 2.45) is 0 Å². The van der Waals surface area contributed by atoms with Crippen LogP contribution >= 0.6 is 59.4 Å². The Morgan fingerprint density at radius 3 is 2.30 bits per heavy atom. The van der Waals surface area contributed by atoms with Crippen molar-refractivity contribution in [2.45, 2.75) is 9.65 Å². The van der Waals surface area contributed by atoms with Gasteiger partial charge in [0.1, 0.15) is 0 Å². The summed E-state index contributed by atoms with van der Waals surface area (Å²) in [7, 11) is 0. The molecule has 0 saturated heterocycles. The fraction of sp³-hybridized carbons (Fsp3) is 0.133. The fourth-order valence-corrected chi connectivity index (χ4v) is 3.31. The van der Waals surface area contributed by atoms with E-state index in [9.17, 15) is 4.79 Å². The van der Waals surface area contributed by atoms with E-state index in [-0.39, 0.29) is 15.4 Å². The highest BCUT2D eigenvalue weighted by Gasteiger charge is 2.26. The maximum atomic E-state index is 12.4. The van der Waals surface area contributed by atoms with Crippen molar-refractivity contribution < 1.29 is 4.79 Å². The molecule has 0 radical (unpaired) electrons. The molecule has 1 nitrogen and oxygen atoms in total. The molecule has 0 saturated carbocycles. The van der Waals surface area contributed by atoms with Crippen LogP contribution < -0.4 is 0 Å². The standard InChI is InChI=1S/C15H10Br3ClO/c16-11-6-4-9(5-7-11)15(20)14(18)13(17)10-2-1-3-12(19)8-10/h1-8,13-14H. The molecule has 0 spiro atoms. The van der Waals surface area contributed by atoms with Crippen LogP contribution in [-0.4, -0.2) is 10.6 Å². The first-order valence-corrected chi connectivity index (χ1v) is 8.82. The van der Waals surface area contributed by atoms with E-state index in [2.05, 4.69) is 47.8 Å². The Morgan fingerprint density at radius 1 is 1.05 bits per heavy atom. The molecule has 0 aliphatic carbocycles. The normalized spacial score (nSPS) is 13.8. The first-order chi connectivity index (χ1) is 9.49. The van der Waals surface area contributed by atoms with Gasteiger partial charge in [-0.15, -0.1) is 0 Å². The smallest absolute Gasteiger partial charge is 0.177 e. The van der Waals surface area contributed by atoms with Gasteiger partial charge in [0.05, 0.1) is 9.65 Å². The van der Waals surface area contributed by atoms with Crippen LogP contribution in [0.15, 0.2) is 53.0 Å². The first kappa shape index (κ1) is 16.2. The predicted octanol–water partition coefficient (Wildman–Crippen LogP) is 6.18. The summed E-state index contributed by atoms with van der Waals surface area (Å²) < 4.78 is 0.949. The Balaban J connectivity index is 2.20. The lowest BCUT2D eigenvalue weighted by Gasteiger charge is -2.16. The van der Waals surface area contributed by atoms with E-state index >= 15 is 0 Å². The maximum absolute atomic E-state index is 12.4. The van der Waals surface area contributed by atoms with Gasteiger partial charge in [-0.25, -0.2) is 0 Å². The van der Waals surface area contributed by atoms with E-state index in [4.69, 9.17) is 11.6 Å². The largest absolute Gasteiger partial charge is 0.293 e. The van der Waals surface area contributed by atoms with Crippen LogP contribution in [-0.2, 0) is 0 Å². The molecule has 2 aromatic rings. The topological polar surface area (TPSA) is 17.1 Å². The van der Waals surface area contributed by atoms with Gasteiger partial charge < -0.3 is 0 Å². The van der Waals surface area contributed by atoms with Crippen LogP contribution in [0.3, 0.4) is 0 Å². The molecule has 0 bridgehead atoms. The van der Waals surface area contributed by atoms with E-state index in [1.807, 2.05) is 36.4 Å². The molecule has 5 heteroatoms. The average Bonchev–Trinajstić information content (AvgIpc) is 2.46. The quantitative estimate of drug-likeness (QED) is 0.376. The summed E-state index contributed by atoms with van der Waals surface area (Å²) in [5, 5.41) is 0.655. The van der Waals surface area contributed by atoms with Crippen molar-refractivity contribution >= 4 is 65.2 Å². The number of alkyl halides is 2. The predicted molar refractivity (Wildman–Crippen MR) is 94.3 cm³/mol.